The smallest absolute Gasteiger partial charge is 0.272 e. The number of pyridine rings is 2. The minimum absolute atomic E-state index is 0.0578. The molecule has 1 saturated heterocycles. The molecule has 2 aromatic rings. The quantitative estimate of drug-likeness (QED) is 0.836. The van der Waals surface area contributed by atoms with E-state index in [0.29, 0.717) is 12.2 Å². The molecule has 0 aliphatic carbocycles. The third kappa shape index (κ3) is 4.08. The SMILES string of the molecule is CN(CCc1ccncc1)C(=O)c1ccc(N2CCOCC2)cn1. The van der Waals surface area contributed by atoms with Gasteiger partial charge in [0, 0.05) is 39.1 Å². The summed E-state index contributed by atoms with van der Waals surface area (Å²) in [6, 6.07) is 7.69. The highest BCUT2D eigenvalue weighted by Crippen LogP contribution is 2.15. The minimum Gasteiger partial charge on any atom is -0.378 e. The number of ether oxygens (including phenoxy) is 1. The van der Waals surface area contributed by atoms with Crippen molar-refractivity contribution < 1.29 is 9.53 Å². The molecule has 0 aromatic carbocycles. The lowest BCUT2D eigenvalue weighted by atomic mass is 10.2. The van der Waals surface area contributed by atoms with Gasteiger partial charge in [0.2, 0.25) is 0 Å². The van der Waals surface area contributed by atoms with Gasteiger partial charge in [0.1, 0.15) is 5.69 Å². The summed E-state index contributed by atoms with van der Waals surface area (Å²) in [5.74, 6) is -0.0578. The third-order valence-corrected chi connectivity index (χ3v) is 4.18. The lowest BCUT2D eigenvalue weighted by Gasteiger charge is -2.28. The maximum Gasteiger partial charge on any atom is 0.272 e. The Hall–Kier alpha value is -2.47. The van der Waals surface area contributed by atoms with Crippen molar-refractivity contribution in [1.29, 1.82) is 0 Å². The predicted molar refractivity (Wildman–Crippen MR) is 92.2 cm³/mol. The monoisotopic (exact) mass is 326 g/mol. The van der Waals surface area contributed by atoms with Gasteiger partial charge in [-0.15, -0.1) is 0 Å². The van der Waals surface area contributed by atoms with Crippen LogP contribution in [0.15, 0.2) is 42.9 Å². The molecule has 0 N–H and O–H groups in total. The summed E-state index contributed by atoms with van der Waals surface area (Å²) in [5.41, 5.74) is 2.68. The molecule has 6 nitrogen and oxygen atoms in total. The number of anilines is 1. The van der Waals surface area contributed by atoms with Crippen LogP contribution >= 0.6 is 0 Å². The van der Waals surface area contributed by atoms with Gasteiger partial charge in [-0.25, -0.2) is 4.98 Å². The molecule has 0 saturated carbocycles. The zero-order valence-electron chi connectivity index (χ0n) is 13.9. The highest BCUT2D eigenvalue weighted by Gasteiger charge is 2.15. The van der Waals surface area contributed by atoms with Gasteiger partial charge in [0.15, 0.2) is 0 Å². The van der Waals surface area contributed by atoms with E-state index in [2.05, 4.69) is 14.9 Å². The first kappa shape index (κ1) is 16.4. The van der Waals surface area contributed by atoms with E-state index >= 15 is 0 Å². The number of hydrogen-bond donors (Lipinski definition) is 0. The van der Waals surface area contributed by atoms with E-state index in [-0.39, 0.29) is 5.91 Å². The molecule has 0 atom stereocenters. The fourth-order valence-electron chi connectivity index (χ4n) is 2.66. The van der Waals surface area contributed by atoms with Gasteiger partial charge in [-0.3, -0.25) is 9.78 Å². The van der Waals surface area contributed by atoms with E-state index in [1.807, 2.05) is 18.2 Å². The topological polar surface area (TPSA) is 58.6 Å². The van der Waals surface area contributed by atoms with Crippen LogP contribution in [0.1, 0.15) is 16.1 Å². The van der Waals surface area contributed by atoms with Crippen LogP contribution < -0.4 is 4.90 Å². The number of likely N-dealkylation sites (N-methyl/N-ethyl adjacent to an activating group) is 1. The van der Waals surface area contributed by atoms with Crippen molar-refractivity contribution in [3.63, 3.8) is 0 Å². The van der Waals surface area contributed by atoms with Gasteiger partial charge in [-0.2, -0.15) is 0 Å². The second-order valence-electron chi connectivity index (χ2n) is 5.83. The van der Waals surface area contributed by atoms with Gasteiger partial charge < -0.3 is 14.5 Å². The van der Waals surface area contributed by atoms with Crippen LogP contribution in [0, 0.1) is 0 Å². The molecule has 2 aromatic heterocycles. The van der Waals surface area contributed by atoms with Gasteiger partial charge in [-0.1, -0.05) is 0 Å². The van der Waals surface area contributed by atoms with Crippen LogP contribution in [-0.2, 0) is 11.2 Å². The van der Waals surface area contributed by atoms with Crippen molar-refractivity contribution in [3.05, 3.63) is 54.1 Å². The molecule has 1 aliphatic rings. The van der Waals surface area contributed by atoms with Crippen LogP contribution in [0.4, 0.5) is 5.69 Å². The van der Waals surface area contributed by atoms with Crippen molar-refractivity contribution in [1.82, 2.24) is 14.9 Å². The molecule has 0 bridgehead atoms. The van der Waals surface area contributed by atoms with Gasteiger partial charge in [0.25, 0.3) is 5.91 Å². The Kier molecular flexibility index (Phi) is 5.38. The Morgan fingerprint density at radius 2 is 1.96 bits per heavy atom. The van der Waals surface area contributed by atoms with Crippen LogP contribution in [-0.4, -0.2) is 60.7 Å². The van der Waals surface area contributed by atoms with E-state index in [4.69, 9.17) is 4.74 Å². The normalized spacial score (nSPS) is 14.5. The first-order chi connectivity index (χ1) is 11.7. The second-order valence-corrected chi connectivity index (χ2v) is 5.83. The number of carbonyl (C=O) groups is 1. The summed E-state index contributed by atoms with van der Waals surface area (Å²) >= 11 is 0. The lowest BCUT2D eigenvalue weighted by molar-refractivity contribution is 0.0791. The Labute approximate surface area is 142 Å². The summed E-state index contributed by atoms with van der Waals surface area (Å²) < 4.78 is 5.35. The van der Waals surface area contributed by atoms with Crippen molar-refractivity contribution >= 4 is 11.6 Å². The number of morpholine rings is 1. The fraction of sp³-hybridized carbons (Fsp3) is 0.389. The van der Waals surface area contributed by atoms with Gasteiger partial charge in [-0.05, 0) is 36.2 Å². The largest absolute Gasteiger partial charge is 0.378 e. The molecule has 24 heavy (non-hydrogen) atoms. The zero-order chi connectivity index (χ0) is 16.8. The van der Waals surface area contributed by atoms with Gasteiger partial charge >= 0.3 is 0 Å². The first-order valence-electron chi connectivity index (χ1n) is 8.17. The Bertz CT molecular complexity index is 654. The molecule has 3 heterocycles. The number of nitrogens with zero attached hydrogens (tertiary/aromatic N) is 4. The number of aromatic nitrogens is 2. The number of rotatable bonds is 5. The lowest BCUT2D eigenvalue weighted by Crippen LogP contribution is -2.36. The van der Waals surface area contributed by atoms with Crippen LogP contribution in [0.3, 0.4) is 0 Å². The van der Waals surface area contributed by atoms with Crippen LogP contribution in [0.2, 0.25) is 0 Å². The van der Waals surface area contributed by atoms with E-state index < -0.39 is 0 Å². The standard InChI is InChI=1S/C18H22N4O2/c1-21(9-6-15-4-7-19-8-5-15)18(23)17-3-2-16(14-20-17)22-10-12-24-13-11-22/h2-5,7-8,14H,6,9-13H2,1H3. The molecular formula is C18H22N4O2. The number of carbonyl (C=O) groups excluding carboxylic acids is 1. The van der Waals surface area contributed by atoms with Crippen molar-refractivity contribution in [3.8, 4) is 0 Å². The van der Waals surface area contributed by atoms with E-state index in [1.165, 1.54) is 5.56 Å². The Morgan fingerprint density at radius 3 is 2.62 bits per heavy atom. The molecule has 6 heteroatoms. The molecule has 1 fully saturated rings. The van der Waals surface area contributed by atoms with E-state index in [0.717, 1.165) is 38.4 Å². The van der Waals surface area contributed by atoms with Crippen LogP contribution in [0.25, 0.3) is 0 Å². The average Bonchev–Trinajstić information content (AvgIpc) is 2.67. The highest BCUT2D eigenvalue weighted by molar-refractivity contribution is 5.92. The van der Waals surface area contributed by atoms with Crippen LogP contribution in [0.5, 0.6) is 0 Å². The molecule has 0 unspecified atom stereocenters. The highest BCUT2D eigenvalue weighted by atomic mass is 16.5. The molecular weight excluding hydrogens is 304 g/mol. The number of hydrogen-bond acceptors (Lipinski definition) is 5. The van der Waals surface area contributed by atoms with Crippen molar-refractivity contribution in [2.75, 3.05) is 44.8 Å². The summed E-state index contributed by atoms with van der Waals surface area (Å²) in [7, 11) is 1.81. The molecule has 0 radical (unpaired) electrons. The second kappa shape index (κ2) is 7.88. The van der Waals surface area contributed by atoms with Gasteiger partial charge in [0.05, 0.1) is 25.1 Å². The molecule has 126 valence electrons. The zero-order valence-corrected chi connectivity index (χ0v) is 13.9. The fourth-order valence-corrected chi connectivity index (χ4v) is 2.66. The molecule has 0 spiro atoms. The number of amides is 1. The summed E-state index contributed by atoms with van der Waals surface area (Å²) in [4.78, 5) is 24.7. The molecule has 1 aliphatic heterocycles. The van der Waals surface area contributed by atoms with Crippen molar-refractivity contribution in [2.45, 2.75) is 6.42 Å². The summed E-state index contributed by atoms with van der Waals surface area (Å²) in [5, 5.41) is 0. The van der Waals surface area contributed by atoms with Crippen molar-refractivity contribution in [2.24, 2.45) is 0 Å². The summed E-state index contributed by atoms with van der Waals surface area (Å²) in [6.07, 6.45) is 6.11. The minimum atomic E-state index is -0.0578. The average molecular weight is 326 g/mol. The maximum atomic E-state index is 12.5. The Balaban J connectivity index is 1.57. The first-order valence-corrected chi connectivity index (χ1v) is 8.17. The van der Waals surface area contributed by atoms with E-state index in [1.54, 1.807) is 36.6 Å². The molecule has 1 amide bonds. The Morgan fingerprint density at radius 1 is 1.21 bits per heavy atom. The summed E-state index contributed by atoms with van der Waals surface area (Å²) in [6.45, 7) is 3.84. The van der Waals surface area contributed by atoms with E-state index in [9.17, 15) is 4.79 Å². The third-order valence-electron chi connectivity index (χ3n) is 4.18. The maximum absolute atomic E-state index is 12.5. The molecule has 3 rings (SSSR count). The predicted octanol–water partition coefficient (Wildman–Crippen LogP) is 1.63.